The number of nitrogens with one attached hydrogen (secondary N) is 1. The van der Waals surface area contributed by atoms with E-state index in [0.717, 1.165) is 47.8 Å². The van der Waals surface area contributed by atoms with Gasteiger partial charge in [0, 0.05) is 28.7 Å². The molecule has 0 unspecified atom stereocenters. The molecule has 0 radical (unpaired) electrons. The van der Waals surface area contributed by atoms with Crippen LogP contribution in [-0.2, 0) is 6.54 Å². The van der Waals surface area contributed by atoms with Crippen molar-refractivity contribution in [2.75, 3.05) is 31.5 Å². The van der Waals surface area contributed by atoms with E-state index in [4.69, 9.17) is 23.8 Å². The first-order chi connectivity index (χ1) is 13.1. The molecular formula is C21H28ClN3S2. The minimum Gasteiger partial charge on any atom is -0.344 e. The molecule has 146 valence electrons. The van der Waals surface area contributed by atoms with Gasteiger partial charge in [0.05, 0.1) is 6.54 Å². The summed E-state index contributed by atoms with van der Waals surface area (Å²) in [6, 6.07) is 12.0. The van der Waals surface area contributed by atoms with Gasteiger partial charge in [-0.15, -0.1) is 11.3 Å². The fourth-order valence-electron chi connectivity index (χ4n) is 3.55. The Labute approximate surface area is 177 Å². The van der Waals surface area contributed by atoms with E-state index in [9.17, 15) is 0 Å². The Kier molecular flexibility index (Phi) is 7.94. The maximum absolute atomic E-state index is 5.98. The van der Waals surface area contributed by atoms with Gasteiger partial charge < -0.3 is 15.1 Å². The van der Waals surface area contributed by atoms with E-state index in [1.165, 1.54) is 30.8 Å². The maximum Gasteiger partial charge on any atom is 0.173 e. The molecule has 3 rings (SSSR count). The smallest absolute Gasteiger partial charge is 0.173 e. The van der Waals surface area contributed by atoms with Crippen LogP contribution in [0.2, 0.25) is 5.02 Å². The highest BCUT2D eigenvalue weighted by molar-refractivity contribution is 7.80. The zero-order valence-electron chi connectivity index (χ0n) is 15.9. The molecule has 1 aromatic carbocycles. The molecule has 0 saturated carbocycles. The van der Waals surface area contributed by atoms with Crippen LogP contribution in [0.4, 0.5) is 5.69 Å². The minimum atomic E-state index is 0.734. The average Bonchev–Trinajstić information content (AvgIpc) is 3.16. The number of hydrogen-bond acceptors (Lipinski definition) is 3. The van der Waals surface area contributed by atoms with Gasteiger partial charge in [0.1, 0.15) is 0 Å². The van der Waals surface area contributed by atoms with E-state index in [1.807, 2.05) is 24.3 Å². The number of thiocarbonyl (C=S) groups is 1. The molecule has 1 N–H and O–H groups in total. The van der Waals surface area contributed by atoms with Crippen LogP contribution in [0.1, 0.15) is 31.1 Å². The molecule has 2 heterocycles. The van der Waals surface area contributed by atoms with E-state index in [1.54, 1.807) is 11.3 Å². The predicted molar refractivity (Wildman–Crippen MR) is 122 cm³/mol. The second-order valence-electron chi connectivity index (χ2n) is 7.34. The molecule has 2 aromatic rings. The molecule has 1 aliphatic rings. The molecule has 1 saturated heterocycles. The summed E-state index contributed by atoms with van der Waals surface area (Å²) in [7, 11) is 0. The summed E-state index contributed by atoms with van der Waals surface area (Å²) in [5.41, 5.74) is 0.977. The molecule has 3 nitrogen and oxygen atoms in total. The van der Waals surface area contributed by atoms with Crippen molar-refractivity contribution in [2.45, 2.75) is 32.7 Å². The van der Waals surface area contributed by atoms with Gasteiger partial charge in [0.25, 0.3) is 0 Å². The molecular weight excluding hydrogens is 394 g/mol. The van der Waals surface area contributed by atoms with Gasteiger partial charge in [0.2, 0.25) is 0 Å². The highest BCUT2D eigenvalue weighted by Gasteiger charge is 2.17. The fourth-order valence-corrected chi connectivity index (χ4v) is 4.67. The van der Waals surface area contributed by atoms with Crippen molar-refractivity contribution in [1.29, 1.82) is 0 Å². The number of piperidine rings is 1. The molecule has 1 aliphatic heterocycles. The van der Waals surface area contributed by atoms with E-state index >= 15 is 0 Å². The first-order valence-corrected chi connectivity index (χ1v) is 11.3. The van der Waals surface area contributed by atoms with Gasteiger partial charge in [-0.05, 0) is 86.2 Å². The van der Waals surface area contributed by atoms with Crippen molar-refractivity contribution >= 4 is 46.0 Å². The highest BCUT2D eigenvalue weighted by Crippen LogP contribution is 2.18. The Bertz CT molecular complexity index is 703. The van der Waals surface area contributed by atoms with Crippen LogP contribution in [-0.4, -0.2) is 41.1 Å². The lowest BCUT2D eigenvalue weighted by molar-refractivity contribution is 0.177. The Hall–Kier alpha value is -1.14. The molecule has 0 bridgehead atoms. The number of likely N-dealkylation sites (tertiary alicyclic amines) is 1. The number of thiophene rings is 1. The monoisotopic (exact) mass is 421 g/mol. The van der Waals surface area contributed by atoms with Crippen LogP contribution < -0.4 is 5.32 Å². The Morgan fingerprint density at radius 3 is 2.85 bits per heavy atom. The van der Waals surface area contributed by atoms with Crippen molar-refractivity contribution in [3.8, 4) is 0 Å². The summed E-state index contributed by atoms with van der Waals surface area (Å²) in [6.45, 7) is 7.80. The zero-order chi connectivity index (χ0) is 19.1. The van der Waals surface area contributed by atoms with Crippen LogP contribution in [0.25, 0.3) is 0 Å². The quantitative estimate of drug-likeness (QED) is 0.575. The maximum atomic E-state index is 5.98. The second-order valence-corrected chi connectivity index (χ2v) is 9.19. The molecule has 27 heavy (non-hydrogen) atoms. The molecule has 0 spiro atoms. The largest absolute Gasteiger partial charge is 0.344 e. The normalized spacial score (nSPS) is 17.6. The van der Waals surface area contributed by atoms with Gasteiger partial charge >= 0.3 is 0 Å². The standard InChI is InChI=1S/C21H28ClN3S2/c1-17-5-2-11-24(15-17)12-4-13-25(16-20-6-3-14-27-20)21(26)23-19-9-7-18(22)8-10-19/h3,6-10,14,17H,2,4-5,11-13,15-16H2,1H3,(H,23,26)/t17-/m1/s1. The fraction of sp³-hybridized carbons (Fsp3) is 0.476. The molecule has 1 atom stereocenters. The third-order valence-electron chi connectivity index (χ3n) is 4.95. The number of halogens is 1. The third kappa shape index (κ3) is 6.75. The predicted octanol–water partition coefficient (Wildman–Crippen LogP) is 5.72. The Morgan fingerprint density at radius 2 is 2.15 bits per heavy atom. The molecule has 1 fully saturated rings. The lowest BCUT2D eigenvalue weighted by Gasteiger charge is -2.32. The molecule has 1 aromatic heterocycles. The summed E-state index contributed by atoms with van der Waals surface area (Å²) in [5.74, 6) is 0.827. The summed E-state index contributed by atoms with van der Waals surface area (Å²) in [6.07, 6.45) is 3.83. The SMILES string of the molecule is C[C@@H]1CCCN(CCCN(Cc2cccs2)C(=S)Nc2ccc(Cl)cc2)C1. The molecule has 0 aliphatic carbocycles. The van der Waals surface area contributed by atoms with Gasteiger partial charge in [-0.1, -0.05) is 24.6 Å². The molecule has 0 amide bonds. The van der Waals surface area contributed by atoms with Crippen LogP contribution in [0.15, 0.2) is 41.8 Å². The van der Waals surface area contributed by atoms with Crippen molar-refractivity contribution in [3.63, 3.8) is 0 Å². The summed E-state index contributed by atoms with van der Waals surface area (Å²) >= 11 is 13.5. The van der Waals surface area contributed by atoms with Crippen LogP contribution in [0.3, 0.4) is 0 Å². The van der Waals surface area contributed by atoms with Gasteiger partial charge in [-0.25, -0.2) is 0 Å². The van der Waals surface area contributed by atoms with Crippen molar-refractivity contribution in [1.82, 2.24) is 9.80 Å². The molecule has 6 heteroatoms. The number of hydrogen-bond donors (Lipinski definition) is 1. The van der Waals surface area contributed by atoms with E-state index in [-0.39, 0.29) is 0 Å². The lowest BCUT2D eigenvalue weighted by atomic mass is 10.0. The number of rotatable bonds is 7. The second kappa shape index (κ2) is 10.4. The summed E-state index contributed by atoms with van der Waals surface area (Å²) < 4.78 is 0. The first kappa shape index (κ1) is 20.6. The number of anilines is 1. The van der Waals surface area contributed by atoms with Crippen molar-refractivity contribution < 1.29 is 0 Å². The topological polar surface area (TPSA) is 18.5 Å². The van der Waals surface area contributed by atoms with Gasteiger partial charge in [-0.2, -0.15) is 0 Å². The van der Waals surface area contributed by atoms with Crippen LogP contribution in [0.5, 0.6) is 0 Å². The Morgan fingerprint density at radius 1 is 1.33 bits per heavy atom. The van der Waals surface area contributed by atoms with Gasteiger partial charge in [0.15, 0.2) is 5.11 Å². The number of nitrogens with zero attached hydrogens (tertiary/aromatic N) is 2. The van der Waals surface area contributed by atoms with Crippen molar-refractivity contribution in [2.24, 2.45) is 5.92 Å². The lowest BCUT2D eigenvalue weighted by Crippen LogP contribution is -2.39. The van der Waals surface area contributed by atoms with Crippen LogP contribution in [0, 0.1) is 5.92 Å². The average molecular weight is 422 g/mol. The van der Waals surface area contributed by atoms with Crippen LogP contribution >= 0.6 is 35.2 Å². The zero-order valence-corrected chi connectivity index (χ0v) is 18.3. The summed E-state index contributed by atoms with van der Waals surface area (Å²) in [5, 5.41) is 7.00. The minimum absolute atomic E-state index is 0.734. The highest BCUT2D eigenvalue weighted by atomic mass is 35.5. The van der Waals surface area contributed by atoms with E-state index < -0.39 is 0 Å². The number of benzene rings is 1. The van der Waals surface area contributed by atoms with E-state index in [2.05, 4.69) is 39.6 Å². The van der Waals surface area contributed by atoms with E-state index in [0.29, 0.717) is 0 Å². The first-order valence-electron chi connectivity index (χ1n) is 9.66. The van der Waals surface area contributed by atoms with Crippen molar-refractivity contribution in [3.05, 3.63) is 51.7 Å². The summed E-state index contributed by atoms with van der Waals surface area (Å²) in [4.78, 5) is 6.22. The van der Waals surface area contributed by atoms with Gasteiger partial charge in [-0.3, -0.25) is 0 Å². The third-order valence-corrected chi connectivity index (χ3v) is 6.43. The Balaban J connectivity index is 1.56.